The van der Waals surface area contributed by atoms with Gasteiger partial charge in [-0.05, 0) is 54.3 Å². The Morgan fingerprint density at radius 2 is 1.81 bits per heavy atom. The van der Waals surface area contributed by atoms with Crippen LogP contribution in [-0.2, 0) is 16.0 Å². The van der Waals surface area contributed by atoms with Crippen LogP contribution in [0.5, 0.6) is 0 Å². The highest BCUT2D eigenvalue weighted by atomic mass is 16.6. The SMILES string of the molecule is CCCCc1ccc(C2=N/C(=C/c3ccc([N+](=O)[O-])cc3)C(=O)O2)cc1. The second kappa shape index (κ2) is 7.74. The number of nitrogens with zero attached hydrogens (tertiary/aromatic N) is 2. The summed E-state index contributed by atoms with van der Waals surface area (Å²) >= 11 is 0. The molecule has 1 heterocycles. The van der Waals surface area contributed by atoms with Gasteiger partial charge < -0.3 is 4.74 Å². The largest absolute Gasteiger partial charge is 0.402 e. The summed E-state index contributed by atoms with van der Waals surface area (Å²) in [7, 11) is 0. The van der Waals surface area contributed by atoms with E-state index >= 15 is 0 Å². The van der Waals surface area contributed by atoms with Crippen LogP contribution in [0, 0.1) is 10.1 Å². The molecule has 2 aromatic carbocycles. The number of aryl methyl sites for hydroxylation is 1. The molecule has 0 radical (unpaired) electrons. The molecule has 1 aliphatic rings. The highest BCUT2D eigenvalue weighted by molar-refractivity contribution is 6.12. The highest BCUT2D eigenvalue weighted by Gasteiger charge is 2.24. The van der Waals surface area contributed by atoms with E-state index in [0.717, 1.165) is 24.8 Å². The molecule has 26 heavy (non-hydrogen) atoms. The third-order valence-electron chi connectivity index (χ3n) is 4.05. The number of nitro groups is 1. The third-order valence-corrected chi connectivity index (χ3v) is 4.05. The summed E-state index contributed by atoms with van der Waals surface area (Å²) in [4.78, 5) is 26.5. The number of carbonyl (C=O) groups is 1. The molecule has 0 aliphatic carbocycles. The van der Waals surface area contributed by atoms with Crippen LogP contribution in [0.25, 0.3) is 6.08 Å². The molecule has 0 atom stereocenters. The minimum absolute atomic E-state index is 0.00602. The van der Waals surface area contributed by atoms with E-state index in [1.165, 1.54) is 17.7 Å². The van der Waals surface area contributed by atoms with Crippen LogP contribution in [0.15, 0.2) is 59.2 Å². The van der Waals surface area contributed by atoms with Crippen molar-refractivity contribution in [3.63, 3.8) is 0 Å². The molecule has 2 aromatic rings. The van der Waals surface area contributed by atoms with E-state index in [1.807, 2.05) is 24.3 Å². The maximum absolute atomic E-state index is 12.0. The van der Waals surface area contributed by atoms with Gasteiger partial charge in [0.1, 0.15) is 0 Å². The Bertz CT molecular complexity index is 881. The average molecular weight is 350 g/mol. The van der Waals surface area contributed by atoms with E-state index in [-0.39, 0.29) is 17.3 Å². The second-order valence-corrected chi connectivity index (χ2v) is 5.99. The fourth-order valence-corrected chi connectivity index (χ4v) is 2.58. The zero-order valence-electron chi connectivity index (χ0n) is 14.3. The number of hydrogen-bond donors (Lipinski definition) is 0. The van der Waals surface area contributed by atoms with Gasteiger partial charge in [-0.1, -0.05) is 25.5 Å². The quantitative estimate of drug-likeness (QED) is 0.337. The lowest BCUT2D eigenvalue weighted by Crippen LogP contribution is -2.05. The minimum atomic E-state index is -0.534. The first-order valence-electron chi connectivity index (χ1n) is 8.43. The summed E-state index contributed by atoms with van der Waals surface area (Å²) in [5.41, 5.74) is 2.78. The summed E-state index contributed by atoms with van der Waals surface area (Å²) in [6.07, 6.45) is 4.85. The lowest BCUT2D eigenvalue weighted by atomic mass is 10.1. The van der Waals surface area contributed by atoms with E-state index in [4.69, 9.17) is 4.74 Å². The Labute approximate surface area is 151 Å². The molecule has 1 aliphatic heterocycles. The van der Waals surface area contributed by atoms with Crippen LogP contribution in [0.2, 0.25) is 0 Å². The standard InChI is InChI=1S/C20H18N2O4/c1-2-3-4-14-5-9-16(10-6-14)19-21-18(20(23)26-19)13-15-7-11-17(12-8-15)22(24)25/h5-13H,2-4H2,1H3/b18-13+. The van der Waals surface area contributed by atoms with E-state index in [0.29, 0.717) is 5.56 Å². The van der Waals surface area contributed by atoms with Crippen LogP contribution < -0.4 is 0 Å². The molecule has 0 unspecified atom stereocenters. The van der Waals surface area contributed by atoms with Crippen molar-refractivity contribution in [2.24, 2.45) is 4.99 Å². The van der Waals surface area contributed by atoms with Crippen molar-refractivity contribution in [2.45, 2.75) is 26.2 Å². The zero-order chi connectivity index (χ0) is 18.5. The maximum Gasteiger partial charge on any atom is 0.363 e. The lowest BCUT2D eigenvalue weighted by molar-refractivity contribution is -0.384. The molecule has 0 aromatic heterocycles. The van der Waals surface area contributed by atoms with Gasteiger partial charge in [0.25, 0.3) is 5.69 Å². The Hall–Kier alpha value is -3.28. The van der Waals surface area contributed by atoms with Crippen molar-refractivity contribution in [1.82, 2.24) is 0 Å². The third kappa shape index (κ3) is 4.03. The van der Waals surface area contributed by atoms with Crippen molar-refractivity contribution >= 4 is 23.6 Å². The smallest absolute Gasteiger partial charge is 0.363 e. The van der Waals surface area contributed by atoms with Crippen LogP contribution in [0.4, 0.5) is 5.69 Å². The number of unbranched alkanes of at least 4 members (excludes halogenated alkanes) is 1. The number of hydrogen-bond acceptors (Lipinski definition) is 5. The summed E-state index contributed by atoms with van der Waals surface area (Å²) in [5, 5.41) is 10.7. The van der Waals surface area contributed by atoms with E-state index in [9.17, 15) is 14.9 Å². The second-order valence-electron chi connectivity index (χ2n) is 5.99. The molecule has 0 amide bonds. The van der Waals surface area contributed by atoms with E-state index < -0.39 is 10.9 Å². The fourth-order valence-electron chi connectivity index (χ4n) is 2.58. The Kier molecular flexibility index (Phi) is 5.22. The maximum atomic E-state index is 12.0. The van der Waals surface area contributed by atoms with E-state index in [2.05, 4.69) is 11.9 Å². The van der Waals surface area contributed by atoms with Crippen molar-refractivity contribution in [3.8, 4) is 0 Å². The number of ether oxygens (including phenoxy) is 1. The monoisotopic (exact) mass is 350 g/mol. The molecule has 0 spiro atoms. The predicted molar refractivity (Wildman–Crippen MR) is 98.8 cm³/mol. The summed E-state index contributed by atoms with van der Waals surface area (Å²) in [6.45, 7) is 2.15. The molecule has 3 rings (SSSR count). The number of carbonyl (C=O) groups excluding carboxylic acids is 1. The van der Waals surface area contributed by atoms with Gasteiger partial charge in [-0.3, -0.25) is 10.1 Å². The first kappa shape index (κ1) is 17.5. The molecular weight excluding hydrogens is 332 g/mol. The number of benzene rings is 2. The van der Waals surface area contributed by atoms with Gasteiger partial charge in [0, 0.05) is 17.7 Å². The summed E-state index contributed by atoms with van der Waals surface area (Å²) in [6, 6.07) is 13.7. The first-order chi connectivity index (χ1) is 12.6. The fraction of sp³-hybridized carbons (Fsp3) is 0.200. The van der Waals surface area contributed by atoms with E-state index in [1.54, 1.807) is 18.2 Å². The Balaban J connectivity index is 1.78. The number of nitro benzene ring substituents is 1. The van der Waals surface area contributed by atoms with Gasteiger partial charge >= 0.3 is 5.97 Å². The van der Waals surface area contributed by atoms with Gasteiger partial charge in [0.05, 0.1) is 4.92 Å². The summed E-state index contributed by atoms with van der Waals surface area (Å²) in [5.74, 6) is -0.265. The first-order valence-corrected chi connectivity index (χ1v) is 8.43. The number of rotatable bonds is 6. The molecule has 0 saturated carbocycles. The number of non-ortho nitro benzene ring substituents is 1. The highest BCUT2D eigenvalue weighted by Crippen LogP contribution is 2.21. The van der Waals surface area contributed by atoms with Crippen molar-refractivity contribution in [1.29, 1.82) is 0 Å². The number of aliphatic imine (C=N–C) groups is 1. The molecule has 132 valence electrons. The van der Waals surface area contributed by atoms with Crippen LogP contribution in [0.1, 0.15) is 36.5 Å². The average Bonchev–Trinajstić information content (AvgIpc) is 3.01. The molecule has 0 bridgehead atoms. The lowest BCUT2D eigenvalue weighted by Gasteiger charge is -2.02. The molecular formula is C20H18N2O4. The van der Waals surface area contributed by atoms with Crippen molar-refractivity contribution in [3.05, 3.63) is 81.0 Å². The molecule has 0 fully saturated rings. The normalized spacial score (nSPS) is 15.0. The van der Waals surface area contributed by atoms with Crippen molar-refractivity contribution < 1.29 is 14.5 Å². The Morgan fingerprint density at radius 1 is 1.12 bits per heavy atom. The molecule has 0 saturated heterocycles. The van der Waals surface area contributed by atoms with Gasteiger partial charge in [0.15, 0.2) is 5.70 Å². The molecule has 6 heteroatoms. The zero-order valence-corrected chi connectivity index (χ0v) is 14.3. The van der Waals surface area contributed by atoms with Crippen LogP contribution in [-0.4, -0.2) is 16.8 Å². The van der Waals surface area contributed by atoms with Gasteiger partial charge in [0.2, 0.25) is 5.90 Å². The molecule has 0 N–H and O–H groups in total. The number of esters is 1. The summed E-state index contributed by atoms with van der Waals surface area (Å²) < 4.78 is 5.25. The predicted octanol–water partition coefficient (Wildman–Crippen LogP) is 4.28. The van der Waals surface area contributed by atoms with Gasteiger partial charge in [-0.25, -0.2) is 9.79 Å². The topological polar surface area (TPSA) is 81.8 Å². The van der Waals surface area contributed by atoms with Crippen LogP contribution in [0.3, 0.4) is 0 Å². The van der Waals surface area contributed by atoms with Gasteiger partial charge in [-0.15, -0.1) is 0 Å². The number of cyclic esters (lactones) is 1. The van der Waals surface area contributed by atoms with Gasteiger partial charge in [-0.2, -0.15) is 0 Å². The molecule has 6 nitrogen and oxygen atoms in total. The Morgan fingerprint density at radius 3 is 2.42 bits per heavy atom. The van der Waals surface area contributed by atoms with Crippen molar-refractivity contribution in [2.75, 3.05) is 0 Å². The van der Waals surface area contributed by atoms with Crippen LogP contribution >= 0.6 is 0 Å². The minimum Gasteiger partial charge on any atom is -0.402 e.